The van der Waals surface area contributed by atoms with Gasteiger partial charge in [0.05, 0.1) is 0 Å². The Bertz CT molecular complexity index is 234. The van der Waals surface area contributed by atoms with Gasteiger partial charge in [-0.2, -0.15) is 0 Å². The quantitative estimate of drug-likeness (QED) is 0.339. The maximum atomic E-state index is 10.4. The fourth-order valence-electron chi connectivity index (χ4n) is 0.559. The van der Waals surface area contributed by atoms with Gasteiger partial charge in [-0.25, -0.2) is 0 Å². The van der Waals surface area contributed by atoms with E-state index in [1.165, 1.54) is 0 Å². The van der Waals surface area contributed by atoms with Crippen LogP contribution in [0.15, 0.2) is 0 Å². The summed E-state index contributed by atoms with van der Waals surface area (Å²) in [6.07, 6.45) is -0.846. The van der Waals surface area contributed by atoms with Crippen molar-refractivity contribution in [1.29, 1.82) is 0 Å². The molecule has 0 saturated carbocycles. The van der Waals surface area contributed by atoms with Gasteiger partial charge < -0.3 is 29.2 Å². The molecule has 0 heterocycles. The van der Waals surface area contributed by atoms with Gasteiger partial charge in [0.1, 0.15) is 0 Å². The third-order valence-corrected chi connectivity index (χ3v) is 5.34. The molecule has 1 atom stereocenters. The van der Waals surface area contributed by atoms with Crippen LogP contribution >= 0.6 is 15.2 Å². The van der Waals surface area contributed by atoms with Crippen LogP contribution in [-0.2, 0) is 9.13 Å². The third-order valence-electron chi connectivity index (χ3n) is 1.38. The molecule has 0 fully saturated rings. The van der Waals surface area contributed by atoms with E-state index in [1.54, 1.807) is 0 Å². The molecule has 0 spiro atoms. The zero-order valence-corrected chi connectivity index (χ0v) is 13.9. The molecule has 0 aliphatic carbocycles. The molecule has 7 nitrogen and oxygen atoms in total. The van der Waals surface area contributed by atoms with Crippen LogP contribution < -0.4 is 68.9 Å². The van der Waals surface area contributed by atoms with E-state index in [0.717, 1.165) is 6.92 Å². The molecule has 0 aliphatic heterocycles. The van der Waals surface area contributed by atoms with E-state index in [-0.39, 0.29) is 59.1 Å². The molecule has 14 heavy (non-hydrogen) atoms. The fraction of sp³-hybridized carbons (Fsp3) is 1.00. The predicted molar refractivity (Wildman–Crippen MR) is 34.9 cm³/mol. The molecule has 1 unspecified atom stereocenters. The van der Waals surface area contributed by atoms with Gasteiger partial charge in [-0.05, 0) is 14.0 Å². The van der Waals surface area contributed by atoms with Crippen molar-refractivity contribution in [3.05, 3.63) is 0 Å². The van der Waals surface area contributed by atoms with E-state index < -0.39 is 26.7 Å². The molecule has 0 radical (unpaired) electrons. The number of hydrogen-bond donors (Lipinski definition) is 3. The minimum atomic E-state index is -5.72. The van der Waals surface area contributed by atoms with Crippen molar-refractivity contribution in [1.82, 2.24) is 0 Å². The van der Waals surface area contributed by atoms with E-state index in [1.807, 2.05) is 0 Å². The van der Waals surface area contributed by atoms with Crippen LogP contribution in [0.2, 0.25) is 0 Å². The Kier molecular flexibility index (Phi) is 10.6. The van der Waals surface area contributed by atoms with Crippen molar-refractivity contribution in [3.8, 4) is 0 Å². The zero-order valence-electron chi connectivity index (χ0n) is 8.08. The number of aliphatic hydroxyl groups is 1. The molecule has 0 aliphatic rings. The molecule has 0 bridgehead atoms. The minimum Gasteiger partial charge on any atom is -0.808 e. The third kappa shape index (κ3) is 4.63. The second-order valence-electron chi connectivity index (χ2n) is 2.17. The van der Waals surface area contributed by atoms with E-state index in [9.17, 15) is 18.9 Å². The van der Waals surface area contributed by atoms with E-state index >= 15 is 0 Å². The van der Waals surface area contributed by atoms with Crippen molar-refractivity contribution < 1.29 is 92.9 Å². The van der Waals surface area contributed by atoms with Crippen LogP contribution in [0.25, 0.3) is 0 Å². The summed E-state index contributed by atoms with van der Waals surface area (Å²) < 4.78 is 20.7. The van der Waals surface area contributed by atoms with Crippen molar-refractivity contribution in [2.45, 2.75) is 18.4 Å². The van der Waals surface area contributed by atoms with E-state index in [4.69, 9.17) is 14.9 Å². The van der Waals surface area contributed by atoms with Gasteiger partial charge in [-0.15, -0.1) is 0 Å². The molecule has 11 heteroatoms. The average Bonchev–Trinajstić information content (AvgIpc) is 1.81. The van der Waals surface area contributed by atoms with E-state index in [0.29, 0.717) is 0 Å². The van der Waals surface area contributed by atoms with Gasteiger partial charge in [0.2, 0.25) is 0 Å². The first kappa shape index (κ1) is 21.5. The summed E-state index contributed by atoms with van der Waals surface area (Å²) in [6.45, 7) is 0.988. The Hall–Kier alpha value is 2.26. The fourth-order valence-corrected chi connectivity index (χ4v) is 2.63. The van der Waals surface area contributed by atoms with Gasteiger partial charge in [0.25, 0.3) is 0 Å². The maximum Gasteiger partial charge on any atom is 1.00 e. The van der Waals surface area contributed by atoms with Crippen LogP contribution in [0, 0.1) is 0 Å². The summed E-state index contributed by atoms with van der Waals surface area (Å²) in [7, 11) is -11.1. The number of hydrogen-bond acceptors (Lipinski definition) is 5. The first-order valence-electron chi connectivity index (χ1n) is 2.86. The Morgan fingerprint density at radius 3 is 1.50 bits per heavy atom. The summed E-state index contributed by atoms with van der Waals surface area (Å²) in [4.78, 5) is 37.2. The van der Waals surface area contributed by atoms with Crippen molar-refractivity contribution in [2.75, 3.05) is 0 Å². The van der Waals surface area contributed by atoms with Crippen molar-refractivity contribution in [3.63, 3.8) is 0 Å². The summed E-state index contributed by atoms with van der Waals surface area (Å²) in [5, 5.41) is 5.37. The molecule has 0 aromatic heterocycles. The second-order valence-corrected chi connectivity index (χ2v) is 6.08. The Labute approximate surface area is 125 Å². The van der Waals surface area contributed by atoms with Gasteiger partial charge in [-0.3, -0.25) is 4.57 Å². The maximum absolute atomic E-state index is 10.4. The van der Waals surface area contributed by atoms with Crippen LogP contribution in [0.3, 0.4) is 0 Å². The average molecular weight is 264 g/mol. The Morgan fingerprint density at radius 1 is 1.21 bits per heavy atom. The predicted octanol–water partition coefficient (Wildman–Crippen LogP) is -7.86. The monoisotopic (exact) mass is 264 g/mol. The normalized spacial score (nSPS) is 16.1. The summed E-state index contributed by atoms with van der Waals surface area (Å²) in [5.74, 6) is 0. The standard InChI is InChI=1S/C3H10O7P2.2Na/c1-2-3(4,11(5,6)7)12(8,9)10;;/h4H,2H2,1H3,(H2,5,6,7)(H2,8,9,10);;/q;2*+1/p-2. The smallest absolute Gasteiger partial charge is 0.808 e. The first-order valence-corrected chi connectivity index (χ1v) is 6.02. The Morgan fingerprint density at radius 2 is 1.50 bits per heavy atom. The summed E-state index contributed by atoms with van der Waals surface area (Å²) >= 11 is 0. The molecule has 0 saturated heterocycles. The van der Waals surface area contributed by atoms with Gasteiger partial charge in [0, 0.05) is 0 Å². The van der Waals surface area contributed by atoms with Crippen LogP contribution in [0.5, 0.6) is 0 Å². The van der Waals surface area contributed by atoms with Crippen LogP contribution in [0.1, 0.15) is 13.3 Å². The summed E-state index contributed by atoms with van der Waals surface area (Å²) in [5.41, 5.74) is 0. The zero-order chi connectivity index (χ0) is 10.2. The van der Waals surface area contributed by atoms with E-state index in [2.05, 4.69) is 0 Å². The van der Waals surface area contributed by atoms with Crippen molar-refractivity contribution >= 4 is 15.2 Å². The minimum absolute atomic E-state index is 0. The number of rotatable bonds is 3. The molecule has 0 amide bonds. The second kappa shape index (κ2) is 6.87. The van der Waals surface area contributed by atoms with Gasteiger partial charge in [-0.1, -0.05) is 6.92 Å². The largest absolute Gasteiger partial charge is 1.00 e. The topological polar surface area (TPSA) is 141 Å². The SMILES string of the molecule is CCC(O)(P(=O)([O-])[O-])P(=O)(O)O.[Na+].[Na+]. The molecule has 0 aromatic rings. The Balaban J connectivity index is -0.000000605. The molecule has 3 N–H and O–H groups in total. The molecular formula is C3H8Na2O7P2. The molecular weight excluding hydrogens is 256 g/mol. The summed E-state index contributed by atoms with van der Waals surface area (Å²) in [6, 6.07) is 0. The van der Waals surface area contributed by atoms with Crippen LogP contribution in [0.4, 0.5) is 0 Å². The first-order chi connectivity index (χ1) is 5.06. The van der Waals surface area contributed by atoms with Crippen molar-refractivity contribution in [2.24, 2.45) is 0 Å². The van der Waals surface area contributed by atoms with Gasteiger partial charge >= 0.3 is 66.7 Å². The van der Waals surface area contributed by atoms with Crippen LogP contribution in [-0.4, -0.2) is 20.0 Å². The molecule has 0 aromatic carbocycles. The molecule has 74 valence electrons. The molecule has 0 rings (SSSR count). The van der Waals surface area contributed by atoms with Gasteiger partial charge in [0.15, 0.2) is 5.08 Å².